The maximum atomic E-state index is 11.1. The smallest absolute Gasteiger partial charge is 0.231 e. The van der Waals surface area contributed by atoms with Crippen LogP contribution in [0.25, 0.3) is 10.9 Å². The molecule has 0 bridgehead atoms. The number of ether oxygens (including phenoxy) is 2. The summed E-state index contributed by atoms with van der Waals surface area (Å²) >= 11 is 0. The van der Waals surface area contributed by atoms with Crippen molar-refractivity contribution in [2.75, 3.05) is 39.5 Å². The van der Waals surface area contributed by atoms with E-state index in [2.05, 4.69) is 58.7 Å². The van der Waals surface area contributed by atoms with Crippen LogP contribution in [0.3, 0.4) is 0 Å². The molecule has 0 radical (unpaired) electrons. The molecule has 0 aliphatic carbocycles. The predicted molar refractivity (Wildman–Crippen MR) is 117 cm³/mol. The first kappa shape index (κ1) is 19.4. The molecule has 1 fully saturated rings. The summed E-state index contributed by atoms with van der Waals surface area (Å²) in [7, 11) is 2.07. The summed E-state index contributed by atoms with van der Waals surface area (Å²) < 4.78 is 13.1. The largest absolute Gasteiger partial charge is 0.454 e. The summed E-state index contributed by atoms with van der Waals surface area (Å²) in [6, 6.07) is 14.5. The minimum absolute atomic E-state index is 0.315. The van der Waals surface area contributed by atoms with E-state index in [-0.39, 0.29) is 0 Å². The number of β-amino-alcohol motifs (C(OH)–C–C–N with tert-alkyl or cyclic N) is 1. The van der Waals surface area contributed by atoms with Gasteiger partial charge in [0.25, 0.3) is 0 Å². The lowest BCUT2D eigenvalue weighted by Crippen LogP contribution is -2.47. The molecule has 2 aromatic carbocycles. The van der Waals surface area contributed by atoms with Gasteiger partial charge in [-0.05, 0) is 30.7 Å². The number of para-hydroxylation sites is 1. The standard InChI is InChI=1S/C24H29N3O3/c1-17-24(19-5-3-4-6-20(19)25(17)2)21(28)15-27-11-9-26(10-12-27)14-18-7-8-22-23(13-18)30-16-29-22/h3-8,13,21,28H,9-12,14-16H2,1-2H3/t21-/m0/s1. The highest BCUT2D eigenvalue weighted by Gasteiger charge is 2.24. The van der Waals surface area contributed by atoms with E-state index >= 15 is 0 Å². The summed E-state index contributed by atoms with van der Waals surface area (Å²) in [5.41, 5.74) is 4.64. The highest BCUT2D eigenvalue weighted by Crippen LogP contribution is 2.33. The minimum atomic E-state index is -0.475. The Kier molecular flexibility index (Phi) is 5.15. The quantitative estimate of drug-likeness (QED) is 0.705. The van der Waals surface area contributed by atoms with E-state index in [9.17, 15) is 5.11 Å². The number of aliphatic hydroxyl groups is 1. The van der Waals surface area contributed by atoms with E-state index in [0.29, 0.717) is 13.3 Å². The SMILES string of the molecule is Cc1c([C@@H](O)CN2CCN(Cc3ccc4c(c3)OCO4)CC2)c2ccccc2n1C. The molecule has 158 valence electrons. The molecule has 3 heterocycles. The molecule has 1 atom stereocenters. The third kappa shape index (κ3) is 3.55. The zero-order chi connectivity index (χ0) is 20.7. The van der Waals surface area contributed by atoms with Crippen molar-refractivity contribution >= 4 is 10.9 Å². The highest BCUT2D eigenvalue weighted by atomic mass is 16.7. The summed E-state index contributed by atoms with van der Waals surface area (Å²) in [5, 5.41) is 12.2. The Bertz CT molecular complexity index is 1050. The molecule has 6 nitrogen and oxygen atoms in total. The van der Waals surface area contributed by atoms with Crippen LogP contribution >= 0.6 is 0 Å². The third-order valence-electron chi connectivity index (χ3n) is 6.52. The third-order valence-corrected chi connectivity index (χ3v) is 6.52. The van der Waals surface area contributed by atoms with E-state index < -0.39 is 6.10 Å². The molecule has 1 N–H and O–H groups in total. The molecule has 6 heteroatoms. The Morgan fingerprint density at radius 1 is 0.967 bits per heavy atom. The van der Waals surface area contributed by atoms with Gasteiger partial charge >= 0.3 is 0 Å². The number of aromatic nitrogens is 1. The number of benzene rings is 2. The molecule has 1 aromatic heterocycles. The molecule has 0 amide bonds. The lowest BCUT2D eigenvalue weighted by molar-refractivity contribution is 0.0703. The number of hydrogen-bond donors (Lipinski definition) is 1. The van der Waals surface area contributed by atoms with Crippen molar-refractivity contribution in [2.24, 2.45) is 7.05 Å². The van der Waals surface area contributed by atoms with Gasteiger partial charge in [0.05, 0.1) is 6.10 Å². The van der Waals surface area contributed by atoms with Gasteiger partial charge in [0, 0.05) is 68.5 Å². The number of aliphatic hydroxyl groups excluding tert-OH is 1. The van der Waals surface area contributed by atoms with Crippen LogP contribution in [-0.2, 0) is 13.6 Å². The maximum Gasteiger partial charge on any atom is 0.231 e. The monoisotopic (exact) mass is 407 g/mol. The Balaban J connectivity index is 1.20. The number of fused-ring (bicyclic) bond motifs is 2. The van der Waals surface area contributed by atoms with Gasteiger partial charge in [0.15, 0.2) is 11.5 Å². The van der Waals surface area contributed by atoms with Crippen LogP contribution in [0.2, 0.25) is 0 Å². The van der Waals surface area contributed by atoms with Gasteiger partial charge in [0.2, 0.25) is 6.79 Å². The lowest BCUT2D eigenvalue weighted by atomic mass is 10.0. The maximum absolute atomic E-state index is 11.1. The van der Waals surface area contributed by atoms with E-state index in [1.165, 1.54) is 11.1 Å². The molecule has 30 heavy (non-hydrogen) atoms. The van der Waals surface area contributed by atoms with Crippen LogP contribution in [0.5, 0.6) is 11.5 Å². The molecular formula is C24H29N3O3. The summed E-state index contributed by atoms with van der Waals surface area (Å²) in [5.74, 6) is 1.68. The molecule has 0 unspecified atom stereocenters. The Hall–Kier alpha value is -2.54. The predicted octanol–water partition coefficient (Wildman–Crippen LogP) is 3.07. The zero-order valence-electron chi connectivity index (χ0n) is 17.7. The summed E-state index contributed by atoms with van der Waals surface area (Å²) in [6.45, 7) is 7.92. The van der Waals surface area contributed by atoms with Gasteiger partial charge in [0.1, 0.15) is 0 Å². The lowest BCUT2D eigenvalue weighted by Gasteiger charge is -2.35. The molecule has 2 aliphatic heterocycles. The van der Waals surface area contributed by atoms with Crippen LogP contribution in [0, 0.1) is 6.92 Å². The van der Waals surface area contributed by atoms with Crippen molar-refractivity contribution < 1.29 is 14.6 Å². The van der Waals surface area contributed by atoms with Crippen LogP contribution in [-0.4, -0.2) is 59.0 Å². The molecule has 0 spiro atoms. The fourth-order valence-electron chi connectivity index (χ4n) is 4.73. The second-order valence-corrected chi connectivity index (χ2v) is 8.36. The number of piperazine rings is 1. The van der Waals surface area contributed by atoms with Crippen LogP contribution in [0.4, 0.5) is 0 Å². The molecule has 1 saturated heterocycles. The van der Waals surface area contributed by atoms with E-state index in [4.69, 9.17) is 9.47 Å². The number of nitrogens with zero attached hydrogens (tertiary/aromatic N) is 3. The first-order valence-corrected chi connectivity index (χ1v) is 10.7. The molecule has 3 aromatic rings. The molecule has 0 saturated carbocycles. The summed E-state index contributed by atoms with van der Waals surface area (Å²) in [4.78, 5) is 4.84. The van der Waals surface area contributed by atoms with Gasteiger partial charge in [-0.3, -0.25) is 9.80 Å². The van der Waals surface area contributed by atoms with Crippen molar-refractivity contribution in [3.05, 3.63) is 59.3 Å². The van der Waals surface area contributed by atoms with Gasteiger partial charge in [-0.15, -0.1) is 0 Å². The number of aryl methyl sites for hydroxylation is 1. The van der Waals surface area contributed by atoms with E-state index in [1.54, 1.807) is 0 Å². The highest BCUT2D eigenvalue weighted by molar-refractivity contribution is 5.85. The van der Waals surface area contributed by atoms with Crippen LogP contribution in [0.1, 0.15) is 22.9 Å². The van der Waals surface area contributed by atoms with E-state index in [1.807, 2.05) is 12.1 Å². The van der Waals surface area contributed by atoms with Crippen LogP contribution < -0.4 is 9.47 Å². The Morgan fingerprint density at radius 3 is 2.53 bits per heavy atom. The second kappa shape index (κ2) is 7.95. The average Bonchev–Trinajstić information content (AvgIpc) is 3.32. The Labute approximate surface area is 177 Å². The average molecular weight is 408 g/mol. The number of rotatable bonds is 5. The van der Waals surface area contributed by atoms with Crippen molar-refractivity contribution in [3.63, 3.8) is 0 Å². The molecule has 5 rings (SSSR count). The van der Waals surface area contributed by atoms with Crippen molar-refractivity contribution in [1.29, 1.82) is 0 Å². The van der Waals surface area contributed by atoms with Crippen LogP contribution in [0.15, 0.2) is 42.5 Å². The fourth-order valence-corrected chi connectivity index (χ4v) is 4.73. The number of hydrogen-bond acceptors (Lipinski definition) is 5. The minimum Gasteiger partial charge on any atom is -0.454 e. The van der Waals surface area contributed by atoms with E-state index in [0.717, 1.165) is 60.9 Å². The van der Waals surface area contributed by atoms with Gasteiger partial charge < -0.3 is 19.1 Å². The van der Waals surface area contributed by atoms with Crippen molar-refractivity contribution in [2.45, 2.75) is 19.6 Å². The summed E-state index contributed by atoms with van der Waals surface area (Å²) in [6.07, 6.45) is -0.475. The normalized spacial score (nSPS) is 18.2. The second-order valence-electron chi connectivity index (χ2n) is 8.36. The molecular weight excluding hydrogens is 378 g/mol. The molecule has 2 aliphatic rings. The van der Waals surface area contributed by atoms with Gasteiger partial charge in [-0.25, -0.2) is 0 Å². The van der Waals surface area contributed by atoms with Crippen molar-refractivity contribution in [3.8, 4) is 11.5 Å². The zero-order valence-corrected chi connectivity index (χ0v) is 17.7. The Morgan fingerprint density at radius 2 is 1.70 bits per heavy atom. The topological polar surface area (TPSA) is 50.1 Å². The first-order chi connectivity index (χ1) is 14.6. The fraction of sp³-hybridized carbons (Fsp3) is 0.417. The van der Waals surface area contributed by atoms with Crippen molar-refractivity contribution in [1.82, 2.24) is 14.4 Å². The first-order valence-electron chi connectivity index (χ1n) is 10.7. The van der Waals surface area contributed by atoms with Gasteiger partial charge in [-0.1, -0.05) is 24.3 Å². The van der Waals surface area contributed by atoms with Gasteiger partial charge in [-0.2, -0.15) is 0 Å².